The molecule has 0 aliphatic rings. The largest absolute Gasteiger partial charge is 0.405 e. The van der Waals surface area contributed by atoms with E-state index in [2.05, 4.69) is 26.6 Å². The Bertz CT molecular complexity index is 224. The maximum atomic E-state index is 5.99. The van der Waals surface area contributed by atoms with Crippen LogP contribution in [0.3, 0.4) is 0 Å². The highest BCUT2D eigenvalue weighted by Gasteiger charge is 2.27. The third kappa shape index (κ3) is 7.10. The molecule has 15 heavy (non-hydrogen) atoms. The molecule has 92 valence electrons. The molecule has 3 nitrogen and oxygen atoms in total. The van der Waals surface area contributed by atoms with Gasteiger partial charge in [0, 0.05) is 14.2 Å². The minimum atomic E-state index is -2.19. The van der Waals surface area contributed by atoms with Crippen LogP contribution in [0.5, 0.6) is 0 Å². The molecule has 1 atom stereocenters. The third-order valence-electron chi connectivity index (χ3n) is 1.51. The maximum absolute atomic E-state index is 5.99. The van der Waals surface area contributed by atoms with Gasteiger partial charge < -0.3 is 13.5 Å². The first kappa shape index (κ1) is 16.1. The van der Waals surface area contributed by atoms with Crippen LogP contribution < -0.4 is 0 Å². The van der Waals surface area contributed by atoms with E-state index in [0.717, 1.165) is 6.42 Å². The van der Waals surface area contributed by atoms with Gasteiger partial charge in [-0.15, -0.1) is 0 Å². The van der Waals surface area contributed by atoms with Crippen LogP contribution in [0.1, 0.15) is 13.3 Å². The van der Waals surface area contributed by atoms with Crippen molar-refractivity contribution in [3.05, 3.63) is 0 Å². The van der Waals surface area contributed by atoms with E-state index in [0.29, 0.717) is 0 Å². The van der Waals surface area contributed by atoms with Crippen LogP contribution in [-0.4, -0.2) is 28.0 Å². The third-order valence-corrected chi connectivity index (χ3v) is 8.54. The van der Waals surface area contributed by atoms with Crippen molar-refractivity contribution < 1.29 is 13.5 Å². The monoisotopic (exact) mass is 288 g/mol. The first-order chi connectivity index (χ1) is 6.76. The van der Waals surface area contributed by atoms with Crippen LogP contribution >= 0.6 is 17.1 Å². The fraction of sp³-hybridized carbons (Fsp3) is 1.00. The minimum absolute atomic E-state index is 0.0856. The molecule has 0 N–H and O–H groups in total. The van der Waals surface area contributed by atoms with Gasteiger partial charge in [0.2, 0.25) is 5.69 Å². The summed E-state index contributed by atoms with van der Waals surface area (Å²) in [7, 11) is 1.66. The molecule has 0 aromatic rings. The van der Waals surface area contributed by atoms with Crippen molar-refractivity contribution in [1.29, 1.82) is 0 Å². The molecule has 0 rings (SSSR count). The van der Waals surface area contributed by atoms with Crippen molar-refractivity contribution in [3.63, 3.8) is 0 Å². The van der Waals surface area contributed by atoms with Crippen molar-refractivity contribution in [3.8, 4) is 0 Å². The fourth-order valence-corrected chi connectivity index (χ4v) is 6.71. The molecular formula is C8H21O3PS2Si. The minimum Gasteiger partial charge on any atom is -0.405 e. The van der Waals surface area contributed by atoms with Gasteiger partial charge in [-0.25, -0.2) is 0 Å². The standard InChI is InChI=1S/C8H21O3PS2Si/c1-7-8(11-15(4,5)6)14-12(13,9-2)10-3/h8H,7H2,1-6H3. The van der Waals surface area contributed by atoms with Crippen molar-refractivity contribution in [2.24, 2.45) is 0 Å². The van der Waals surface area contributed by atoms with Crippen LogP contribution in [0.4, 0.5) is 0 Å². The van der Waals surface area contributed by atoms with Crippen molar-refractivity contribution in [1.82, 2.24) is 0 Å². The van der Waals surface area contributed by atoms with Gasteiger partial charge >= 0.3 is 0 Å². The van der Waals surface area contributed by atoms with E-state index < -0.39 is 14.0 Å². The van der Waals surface area contributed by atoms with Crippen molar-refractivity contribution >= 4 is 37.2 Å². The van der Waals surface area contributed by atoms with Crippen LogP contribution in [0.2, 0.25) is 19.6 Å². The first-order valence-corrected chi connectivity index (χ1v) is 12.4. The Kier molecular flexibility index (Phi) is 7.23. The Balaban J connectivity index is 4.39. The summed E-state index contributed by atoms with van der Waals surface area (Å²) in [6, 6.07) is 0. The summed E-state index contributed by atoms with van der Waals surface area (Å²) >= 11 is 6.81. The maximum Gasteiger partial charge on any atom is 0.249 e. The Labute approximate surface area is 103 Å². The van der Waals surface area contributed by atoms with E-state index in [9.17, 15) is 0 Å². The predicted molar refractivity (Wildman–Crippen MR) is 74.4 cm³/mol. The molecule has 0 spiro atoms. The lowest BCUT2D eigenvalue weighted by atomic mass is 10.5. The van der Waals surface area contributed by atoms with Crippen LogP contribution in [0, 0.1) is 0 Å². The zero-order chi connectivity index (χ0) is 12.1. The van der Waals surface area contributed by atoms with Gasteiger partial charge in [-0.1, -0.05) is 6.92 Å². The molecule has 0 saturated carbocycles. The Hall–Kier alpha value is 1.10. The Morgan fingerprint density at radius 3 is 2.00 bits per heavy atom. The molecule has 0 amide bonds. The second-order valence-corrected chi connectivity index (χ2v) is 15.0. The summed E-state index contributed by atoms with van der Waals surface area (Å²) in [5.41, 5.74) is -2.11. The quantitative estimate of drug-likeness (QED) is 0.403. The van der Waals surface area contributed by atoms with Crippen molar-refractivity contribution in [2.45, 2.75) is 38.4 Å². The normalized spacial score (nSPS) is 15.3. The van der Waals surface area contributed by atoms with E-state index in [-0.39, 0.29) is 5.44 Å². The Morgan fingerprint density at radius 2 is 1.73 bits per heavy atom. The summed E-state index contributed by atoms with van der Waals surface area (Å²) in [6.45, 7) is 8.58. The van der Waals surface area contributed by atoms with Crippen LogP contribution in [-0.2, 0) is 25.3 Å². The van der Waals surface area contributed by atoms with Gasteiger partial charge in [-0.2, -0.15) is 0 Å². The molecule has 0 aliphatic heterocycles. The summed E-state index contributed by atoms with van der Waals surface area (Å²) < 4.78 is 16.5. The van der Waals surface area contributed by atoms with Gasteiger partial charge in [0.05, 0.1) is 0 Å². The number of hydrogen-bond acceptors (Lipinski definition) is 5. The lowest BCUT2D eigenvalue weighted by molar-refractivity contribution is 0.277. The number of rotatable bonds is 7. The SMILES string of the molecule is CCC(O[Si](C)(C)C)SP(=S)(OC)OC. The molecule has 7 heteroatoms. The summed E-state index contributed by atoms with van der Waals surface area (Å²) in [4.78, 5) is 0. The van der Waals surface area contributed by atoms with Gasteiger partial charge in [0.1, 0.15) is 5.44 Å². The number of hydrogen-bond donors (Lipinski definition) is 0. The molecule has 0 bridgehead atoms. The van der Waals surface area contributed by atoms with Crippen LogP contribution in [0.15, 0.2) is 0 Å². The molecule has 0 aliphatic carbocycles. The van der Waals surface area contributed by atoms with Crippen molar-refractivity contribution in [2.75, 3.05) is 14.2 Å². The average Bonchev–Trinajstić information content (AvgIpc) is 2.14. The molecule has 0 aromatic carbocycles. The van der Waals surface area contributed by atoms with Gasteiger partial charge in [-0.3, -0.25) is 0 Å². The molecule has 0 fully saturated rings. The highest BCUT2D eigenvalue weighted by molar-refractivity contribution is 8.68. The van der Waals surface area contributed by atoms with E-state index in [1.54, 1.807) is 14.2 Å². The van der Waals surface area contributed by atoms with Gasteiger partial charge in [-0.05, 0) is 49.3 Å². The average molecular weight is 288 g/mol. The van der Waals surface area contributed by atoms with Gasteiger partial charge in [0.25, 0.3) is 0 Å². The van der Waals surface area contributed by atoms with Gasteiger partial charge in [0.15, 0.2) is 8.32 Å². The summed E-state index contributed by atoms with van der Waals surface area (Å²) in [5.74, 6) is 0. The van der Waals surface area contributed by atoms with E-state index in [4.69, 9.17) is 25.3 Å². The second-order valence-electron chi connectivity index (χ2n) is 3.99. The zero-order valence-corrected chi connectivity index (χ0v) is 13.8. The molecule has 0 aromatic heterocycles. The lowest BCUT2D eigenvalue weighted by Gasteiger charge is -2.28. The van der Waals surface area contributed by atoms with E-state index >= 15 is 0 Å². The molecule has 0 heterocycles. The van der Waals surface area contributed by atoms with E-state index in [1.807, 2.05) is 0 Å². The lowest BCUT2D eigenvalue weighted by Crippen LogP contribution is -2.30. The van der Waals surface area contributed by atoms with Crippen LogP contribution in [0.25, 0.3) is 0 Å². The first-order valence-electron chi connectivity index (χ1n) is 4.84. The van der Waals surface area contributed by atoms with E-state index in [1.165, 1.54) is 11.4 Å². The topological polar surface area (TPSA) is 27.7 Å². The molecular weight excluding hydrogens is 267 g/mol. The summed E-state index contributed by atoms with van der Waals surface area (Å²) in [6.07, 6.45) is 0.917. The zero-order valence-electron chi connectivity index (χ0n) is 10.3. The fourth-order valence-electron chi connectivity index (χ4n) is 0.878. The smallest absolute Gasteiger partial charge is 0.249 e. The molecule has 1 unspecified atom stereocenters. The molecule has 0 radical (unpaired) electrons. The second kappa shape index (κ2) is 6.74. The molecule has 0 saturated heterocycles. The highest BCUT2D eigenvalue weighted by Crippen LogP contribution is 2.62. The Morgan fingerprint density at radius 1 is 1.27 bits per heavy atom. The summed E-state index contributed by atoms with van der Waals surface area (Å²) in [5, 5.41) is 0. The highest BCUT2D eigenvalue weighted by atomic mass is 32.9. The predicted octanol–water partition coefficient (Wildman–Crippen LogP) is 3.82.